The first-order valence-corrected chi connectivity index (χ1v) is 14.2. The predicted molar refractivity (Wildman–Crippen MR) is 133 cm³/mol. The molecule has 1 nitrogen and oxygen atoms in total. The van der Waals surface area contributed by atoms with Gasteiger partial charge in [-0.25, -0.2) is 0 Å². The lowest BCUT2D eigenvalue weighted by Gasteiger charge is -2.34. The molecule has 0 heterocycles. The molecule has 178 valence electrons. The Kier molecular flexibility index (Phi) is 13.0. The fourth-order valence-corrected chi connectivity index (χ4v) is 6.87. The summed E-state index contributed by atoms with van der Waals surface area (Å²) in [7, 11) is 0. The Balaban J connectivity index is 1.74. The van der Waals surface area contributed by atoms with Crippen molar-refractivity contribution in [3.63, 3.8) is 0 Å². The van der Waals surface area contributed by atoms with E-state index in [1.807, 2.05) is 0 Å². The summed E-state index contributed by atoms with van der Waals surface area (Å²) in [5.41, 5.74) is 0. The summed E-state index contributed by atoms with van der Waals surface area (Å²) >= 11 is 0. The van der Waals surface area contributed by atoms with Crippen LogP contribution in [0.5, 0.6) is 0 Å². The fourth-order valence-electron chi connectivity index (χ4n) is 6.87. The molecule has 2 fully saturated rings. The van der Waals surface area contributed by atoms with Crippen molar-refractivity contribution in [2.75, 3.05) is 0 Å². The lowest BCUT2D eigenvalue weighted by Crippen LogP contribution is -2.24. The monoisotopic (exact) mass is 420 g/mol. The molecule has 30 heavy (non-hydrogen) atoms. The molecule has 3 unspecified atom stereocenters. The fraction of sp³-hybridized carbons (Fsp3) is 1.00. The molecule has 0 saturated heterocycles. The van der Waals surface area contributed by atoms with E-state index in [2.05, 4.69) is 27.7 Å². The van der Waals surface area contributed by atoms with Gasteiger partial charge in [0.05, 0.1) is 6.10 Å². The van der Waals surface area contributed by atoms with E-state index in [0.717, 1.165) is 42.4 Å². The van der Waals surface area contributed by atoms with Gasteiger partial charge >= 0.3 is 0 Å². The molecule has 0 aromatic heterocycles. The van der Waals surface area contributed by atoms with Crippen LogP contribution in [0.3, 0.4) is 0 Å². The summed E-state index contributed by atoms with van der Waals surface area (Å²) in [6.07, 6.45) is 24.7. The average Bonchev–Trinajstić information content (AvgIpc) is 2.70. The van der Waals surface area contributed by atoms with E-state index in [4.69, 9.17) is 0 Å². The van der Waals surface area contributed by atoms with Crippen molar-refractivity contribution in [3.05, 3.63) is 0 Å². The predicted octanol–water partition coefficient (Wildman–Crippen LogP) is 9.17. The minimum absolute atomic E-state index is 0.0638. The Bertz CT molecular complexity index is 405. The molecule has 0 amide bonds. The molecule has 0 aromatic rings. The second-order valence-electron chi connectivity index (χ2n) is 11.8. The van der Waals surface area contributed by atoms with Crippen molar-refractivity contribution in [3.8, 4) is 0 Å². The smallest absolute Gasteiger partial charge is 0.0545 e. The quantitative estimate of drug-likeness (QED) is 0.333. The molecular formula is C29H56O. The van der Waals surface area contributed by atoms with Crippen molar-refractivity contribution in [1.29, 1.82) is 0 Å². The number of rotatable bonds is 12. The molecule has 0 aromatic carbocycles. The maximum absolute atomic E-state index is 10.8. The Morgan fingerprint density at radius 2 is 1.17 bits per heavy atom. The zero-order valence-electron chi connectivity index (χ0n) is 21.2. The van der Waals surface area contributed by atoms with Gasteiger partial charge in [-0.1, -0.05) is 118 Å². The van der Waals surface area contributed by atoms with Crippen LogP contribution in [-0.4, -0.2) is 11.2 Å². The van der Waals surface area contributed by atoms with Crippen molar-refractivity contribution in [2.45, 2.75) is 149 Å². The molecule has 0 radical (unpaired) electrons. The van der Waals surface area contributed by atoms with Gasteiger partial charge < -0.3 is 5.11 Å². The molecular weight excluding hydrogens is 364 g/mol. The van der Waals surface area contributed by atoms with Crippen LogP contribution in [0.4, 0.5) is 0 Å². The Morgan fingerprint density at radius 1 is 0.667 bits per heavy atom. The SMILES string of the molecule is CC[C@H](C)C(CC[C@H](C)CC(O)CC1CCCCCCC1)C(C)CC1CCCCC1. The van der Waals surface area contributed by atoms with E-state index < -0.39 is 0 Å². The first-order chi connectivity index (χ1) is 14.5. The number of hydrogen-bond acceptors (Lipinski definition) is 1. The Morgan fingerprint density at radius 3 is 1.73 bits per heavy atom. The minimum Gasteiger partial charge on any atom is -0.393 e. The van der Waals surface area contributed by atoms with Gasteiger partial charge in [-0.3, -0.25) is 0 Å². The lowest BCUT2D eigenvalue weighted by atomic mass is 9.72. The summed E-state index contributed by atoms with van der Waals surface area (Å²) in [5, 5.41) is 10.8. The summed E-state index contributed by atoms with van der Waals surface area (Å²) in [6, 6.07) is 0. The van der Waals surface area contributed by atoms with Crippen LogP contribution in [-0.2, 0) is 0 Å². The maximum atomic E-state index is 10.8. The summed E-state index contributed by atoms with van der Waals surface area (Å²) in [5.74, 6) is 5.05. The third-order valence-corrected chi connectivity index (χ3v) is 9.03. The average molecular weight is 421 g/mol. The van der Waals surface area contributed by atoms with Crippen LogP contribution in [0.25, 0.3) is 0 Å². The van der Waals surface area contributed by atoms with Crippen LogP contribution in [0, 0.1) is 35.5 Å². The maximum Gasteiger partial charge on any atom is 0.0545 e. The van der Waals surface area contributed by atoms with Crippen molar-refractivity contribution < 1.29 is 5.11 Å². The highest BCUT2D eigenvalue weighted by atomic mass is 16.3. The van der Waals surface area contributed by atoms with Crippen LogP contribution in [0.15, 0.2) is 0 Å². The molecule has 2 rings (SSSR count). The Labute approximate surface area is 190 Å². The normalized spacial score (nSPS) is 25.1. The summed E-state index contributed by atoms with van der Waals surface area (Å²) < 4.78 is 0. The standard InChI is InChI=1S/C29H56O/c1-5-24(3)29(25(4)21-26-14-12-9-13-15-26)19-18-23(2)20-28(30)22-27-16-10-7-6-8-11-17-27/h23-30H,5-22H2,1-4H3/t23-,24-,25?,28?,29?/m0/s1. The summed E-state index contributed by atoms with van der Waals surface area (Å²) in [4.78, 5) is 0. The first-order valence-electron chi connectivity index (χ1n) is 14.2. The highest BCUT2D eigenvalue weighted by molar-refractivity contribution is 4.78. The van der Waals surface area contributed by atoms with Gasteiger partial charge in [0.15, 0.2) is 0 Å². The van der Waals surface area contributed by atoms with Crippen LogP contribution in [0.1, 0.15) is 143 Å². The minimum atomic E-state index is -0.0638. The molecule has 0 aliphatic heterocycles. The first kappa shape index (κ1) is 26.2. The highest BCUT2D eigenvalue weighted by Gasteiger charge is 2.27. The number of aliphatic hydroxyl groups excluding tert-OH is 1. The molecule has 2 saturated carbocycles. The van der Waals surface area contributed by atoms with Gasteiger partial charge in [0.25, 0.3) is 0 Å². The molecule has 5 atom stereocenters. The molecule has 0 bridgehead atoms. The third-order valence-electron chi connectivity index (χ3n) is 9.03. The zero-order chi connectivity index (χ0) is 21.8. The van der Waals surface area contributed by atoms with E-state index in [9.17, 15) is 5.11 Å². The van der Waals surface area contributed by atoms with Crippen molar-refractivity contribution in [2.24, 2.45) is 35.5 Å². The van der Waals surface area contributed by atoms with Gasteiger partial charge in [-0.15, -0.1) is 0 Å². The van der Waals surface area contributed by atoms with Gasteiger partial charge in [-0.05, 0) is 61.2 Å². The van der Waals surface area contributed by atoms with Gasteiger partial charge in [-0.2, -0.15) is 0 Å². The van der Waals surface area contributed by atoms with Crippen molar-refractivity contribution >= 4 is 0 Å². The lowest BCUT2D eigenvalue weighted by molar-refractivity contribution is 0.103. The van der Waals surface area contributed by atoms with E-state index in [-0.39, 0.29) is 6.10 Å². The topological polar surface area (TPSA) is 20.2 Å². The highest BCUT2D eigenvalue weighted by Crippen LogP contribution is 2.37. The van der Waals surface area contributed by atoms with E-state index >= 15 is 0 Å². The molecule has 2 aliphatic rings. The van der Waals surface area contributed by atoms with Crippen LogP contribution in [0.2, 0.25) is 0 Å². The largest absolute Gasteiger partial charge is 0.393 e. The van der Waals surface area contributed by atoms with Gasteiger partial charge in [0, 0.05) is 0 Å². The van der Waals surface area contributed by atoms with Crippen LogP contribution < -0.4 is 0 Å². The molecule has 1 heteroatoms. The second kappa shape index (κ2) is 14.9. The Hall–Kier alpha value is -0.0400. The third kappa shape index (κ3) is 10.1. The van der Waals surface area contributed by atoms with Crippen molar-refractivity contribution in [1.82, 2.24) is 0 Å². The van der Waals surface area contributed by atoms with E-state index in [1.165, 1.54) is 103 Å². The molecule has 2 aliphatic carbocycles. The number of aliphatic hydroxyl groups is 1. The van der Waals surface area contributed by atoms with E-state index in [0.29, 0.717) is 5.92 Å². The second-order valence-corrected chi connectivity index (χ2v) is 11.8. The van der Waals surface area contributed by atoms with Gasteiger partial charge in [0.2, 0.25) is 0 Å². The summed E-state index contributed by atoms with van der Waals surface area (Å²) in [6.45, 7) is 9.84. The zero-order valence-corrected chi connectivity index (χ0v) is 21.2. The molecule has 0 spiro atoms. The van der Waals surface area contributed by atoms with Gasteiger partial charge in [0.1, 0.15) is 0 Å². The van der Waals surface area contributed by atoms with E-state index in [1.54, 1.807) is 0 Å². The number of hydrogen-bond donors (Lipinski definition) is 1. The van der Waals surface area contributed by atoms with Crippen LogP contribution >= 0.6 is 0 Å². The molecule has 1 N–H and O–H groups in total.